The summed E-state index contributed by atoms with van der Waals surface area (Å²) in [6.07, 6.45) is 13.0. The molecule has 4 heterocycles. The lowest BCUT2D eigenvalue weighted by Gasteiger charge is -2.45. The SMILES string of the molecule is CN=CC1CC(CC#N)(n2cc(-c3nc(-c4cn[nH]n4)cn4nccc34)cn2)C1. The summed E-state index contributed by atoms with van der Waals surface area (Å²) in [5.41, 5.74) is 3.50. The Morgan fingerprint density at radius 1 is 1.31 bits per heavy atom. The zero-order valence-electron chi connectivity index (χ0n) is 15.8. The molecule has 0 saturated heterocycles. The lowest BCUT2D eigenvalue weighted by Crippen LogP contribution is -2.47. The summed E-state index contributed by atoms with van der Waals surface area (Å²) in [5, 5.41) is 28.9. The predicted octanol–water partition coefficient (Wildman–Crippen LogP) is 2.10. The number of H-pyrrole nitrogens is 1. The van der Waals surface area contributed by atoms with Crippen LogP contribution in [0.3, 0.4) is 0 Å². The first-order valence-corrected chi connectivity index (χ1v) is 9.28. The maximum atomic E-state index is 9.36. The van der Waals surface area contributed by atoms with Crippen molar-refractivity contribution in [3.05, 3.63) is 37.1 Å². The van der Waals surface area contributed by atoms with Gasteiger partial charge in [-0.3, -0.25) is 4.68 Å². The van der Waals surface area contributed by atoms with Crippen molar-refractivity contribution in [2.24, 2.45) is 10.9 Å². The van der Waals surface area contributed by atoms with Crippen molar-refractivity contribution in [3.63, 3.8) is 0 Å². The van der Waals surface area contributed by atoms with Crippen LogP contribution in [-0.4, -0.2) is 53.1 Å². The van der Waals surface area contributed by atoms with Crippen LogP contribution < -0.4 is 0 Å². The quantitative estimate of drug-likeness (QED) is 0.524. The summed E-state index contributed by atoms with van der Waals surface area (Å²) in [6, 6.07) is 4.23. The van der Waals surface area contributed by atoms with Crippen molar-refractivity contribution < 1.29 is 0 Å². The number of aromatic amines is 1. The number of aromatic nitrogens is 8. The second-order valence-corrected chi connectivity index (χ2v) is 7.30. The van der Waals surface area contributed by atoms with E-state index < -0.39 is 0 Å². The molecule has 0 aromatic carbocycles. The summed E-state index contributed by atoms with van der Waals surface area (Å²) < 4.78 is 3.69. The fourth-order valence-electron chi connectivity index (χ4n) is 4.08. The molecular weight excluding hydrogens is 368 g/mol. The highest BCUT2D eigenvalue weighted by Gasteiger charge is 2.45. The molecule has 29 heavy (non-hydrogen) atoms. The molecule has 1 N–H and O–H groups in total. The summed E-state index contributed by atoms with van der Waals surface area (Å²) in [7, 11) is 1.78. The van der Waals surface area contributed by atoms with Crippen molar-refractivity contribution in [2.75, 3.05) is 7.05 Å². The zero-order chi connectivity index (χ0) is 19.8. The summed E-state index contributed by atoms with van der Waals surface area (Å²) in [4.78, 5) is 8.91. The Balaban J connectivity index is 1.56. The molecule has 0 bridgehead atoms. The molecule has 0 spiro atoms. The standard InChI is InChI=1S/C19H18N10/c1-21-8-13-6-19(7-13,3-4-20)29-11-14(9-24-29)18-17-2-5-23-28(17)12-16(25-18)15-10-22-27-26-15/h2,5,8-13H,3,6-7H2,1H3,(H,22,26,27). The molecule has 4 aromatic rings. The van der Waals surface area contributed by atoms with Crippen molar-refractivity contribution in [1.82, 2.24) is 39.8 Å². The molecular formula is C19H18N10. The summed E-state index contributed by atoms with van der Waals surface area (Å²) in [5.74, 6) is 0.385. The van der Waals surface area contributed by atoms with Gasteiger partial charge in [-0.2, -0.15) is 30.9 Å². The fourth-order valence-corrected chi connectivity index (χ4v) is 4.08. The molecule has 4 aromatic heterocycles. The number of hydrogen-bond acceptors (Lipinski definition) is 7. The van der Waals surface area contributed by atoms with Crippen molar-refractivity contribution in [3.8, 4) is 28.7 Å². The molecule has 0 amide bonds. The normalized spacial score (nSPS) is 21.4. The van der Waals surface area contributed by atoms with Gasteiger partial charge in [-0.15, -0.1) is 0 Å². The van der Waals surface area contributed by atoms with Gasteiger partial charge in [0.25, 0.3) is 0 Å². The van der Waals surface area contributed by atoms with E-state index in [2.05, 4.69) is 36.7 Å². The highest BCUT2D eigenvalue weighted by molar-refractivity contribution is 5.77. The molecule has 0 radical (unpaired) electrons. The smallest absolute Gasteiger partial charge is 0.132 e. The van der Waals surface area contributed by atoms with Gasteiger partial charge in [0.2, 0.25) is 0 Å². The van der Waals surface area contributed by atoms with E-state index in [0.717, 1.165) is 29.6 Å². The molecule has 1 aliphatic carbocycles. The van der Waals surface area contributed by atoms with E-state index in [1.54, 1.807) is 30.2 Å². The minimum atomic E-state index is -0.293. The van der Waals surface area contributed by atoms with Gasteiger partial charge in [0, 0.05) is 25.0 Å². The molecule has 0 atom stereocenters. The number of rotatable bonds is 5. The number of nitriles is 1. The number of aliphatic imine (C=N–C) groups is 1. The zero-order valence-corrected chi connectivity index (χ0v) is 15.8. The first-order valence-electron chi connectivity index (χ1n) is 9.28. The Hall–Kier alpha value is -3.87. The molecule has 10 heteroatoms. The maximum absolute atomic E-state index is 9.36. The predicted molar refractivity (Wildman–Crippen MR) is 105 cm³/mol. The van der Waals surface area contributed by atoms with E-state index in [0.29, 0.717) is 23.7 Å². The third-order valence-corrected chi connectivity index (χ3v) is 5.46. The highest BCUT2D eigenvalue weighted by Crippen LogP contribution is 2.45. The fraction of sp³-hybridized carbons (Fsp3) is 0.316. The molecule has 5 rings (SSSR count). The first-order chi connectivity index (χ1) is 14.2. The molecule has 0 aliphatic heterocycles. The number of nitrogens with one attached hydrogen (secondary N) is 1. The van der Waals surface area contributed by atoms with Gasteiger partial charge in [0.1, 0.15) is 11.4 Å². The van der Waals surface area contributed by atoms with Crippen LogP contribution in [0.25, 0.3) is 28.2 Å². The van der Waals surface area contributed by atoms with E-state index in [9.17, 15) is 5.26 Å². The topological polar surface area (TPSA) is 126 Å². The average molecular weight is 386 g/mol. The minimum absolute atomic E-state index is 0.293. The third-order valence-electron chi connectivity index (χ3n) is 5.46. The number of hydrogen-bond donors (Lipinski definition) is 1. The van der Waals surface area contributed by atoms with Gasteiger partial charge in [-0.05, 0) is 24.8 Å². The van der Waals surface area contributed by atoms with Gasteiger partial charge in [-0.1, -0.05) is 0 Å². The van der Waals surface area contributed by atoms with Crippen molar-refractivity contribution in [1.29, 1.82) is 5.26 Å². The Labute approximate surface area is 165 Å². The monoisotopic (exact) mass is 386 g/mol. The Kier molecular flexibility index (Phi) is 3.94. The van der Waals surface area contributed by atoms with Crippen LogP contribution in [0, 0.1) is 17.2 Å². The number of nitrogens with zero attached hydrogens (tertiary/aromatic N) is 9. The van der Waals surface area contributed by atoms with Gasteiger partial charge in [0.15, 0.2) is 0 Å². The van der Waals surface area contributed by atoms with Gasteiger partial charge < -0.3 is 4.99 Å². The second kappa shape index (κ2) is 6.63. The molecule has 0 unspecified atom stereocenters. The molecule has 1 saturated carbocycles. The van der Waals surface area contributed by atoms with Gasteiger partial charge in [-0.25, -0.2) is 9.50 Å². The largest absolute Gasteiger partial charge is 0.301 e. The van der Waals surface area contributed by atoms with Gasteiger partial charge in [0.05, 0.1) is 54.0 Å². The van der Waals surface area contributed by atoms with Crippen molar-refractivity contribution >= 4 is 11.7 Å². The van der Waals surface area contributed by atoms with Crippen molar-refractivity contribution in [2.45, 2.75) is 24.8 Å². The second-order valence-electron chi connectivity index (χ2n) is 7.30. The summed E-state index contributed by atoms with van der Waals surface area (Å²) >= 11 is 0. The molecule has 10 nitrogen and oxygen atoms in total. The first kappa shape index (κ1) is 17.2. The van der Waals surface area contributed by atoms with E-state index in [1.165, 1.54) is 0 Å². The van der Waals surface area contributed by atoms with Crippen LogP contribution in [0.2, 0.25) is 0 Å². The average Bonchev–Trinajstić information content (AvgIpc) is 3.46. The molecule has 144 valence electrons. The van der Waals surface area contributed by atoms with Crippen LogP contribution in [0.15, 0.2) is 42.0 Å². The van der Waals surface area contributed by atoms with Crippen LogP contribution in [0.1, 0.15) is 19.3 Å². The van der Waals surface area contributed by atoms with E-state index in [1.807, 2.05) is 29.4 Å². The Bertz CT molecular complexity index is 1220. The summed E-state index contributed by atoms with van der Waals surface area (Å²) in [6.45, 7) is 0. The van der Waals surface area contributed by atoms with Gasteiger partial charge >= 0.3 is 0 Å². The van der Waals surface area contributed by atoms with E-state index >= 15 is 0 Å². The number of fused-ring (bicyclic) bond motifs is 1. The maximum Gasteiger partial charge on any atom is 0.132 e. The minimum Gasteiger partial charge on any atom is -0.301 e. The molecule has 1 aliphatic rings. The van der Waals surface area contributed by atoms with Crippen LogP contribution in [0.4, 0.5) is 0 Å². The van der Waals surface area contributed by atoms with E-state index in [4.69, 9.17) is 4.98 Å². The third kappa shape index (κ3) is 2.79. The van der Waals surface area contributed by atoms with Crippen LogP contribution in [0.5, 0.6) is 0 Å². The van der Waals surface area contributed by atoms with E-state index in [-0.39, 0.29) is 5.54 Å². The van der Waals surface area contributed by atoms with Crippen LogP contribution >= 0.6 is 0 Å². The highest BCUT2D eigenvalue weighted by atomic mass is 15.3. The lowest BCUT2D eigenvalue weighted by molar-refractivity contribution is 0.0968. The lowest BCUT2D eigenvalue weighted by atomic mass is 9.67. The Morgan fingerprint density at radius 3 is 2.97 bits per heavy atom. The molecule has 1 fully saturated rings. The Morgan fingerprint density at radius 2 is 2.21 bits per heavy atom. The van der Waals surface area contributed by atoms with Crippen LogP contribution in [-0.2, 0) is 5.54 Å².